The zero-order valence-electron chi connectivity index (χ0n) is 11.9. The van der Waals surface area contributed by atoms with E-state index in [0.29, 0.717) is 31.3 Å². The number of carbonyl (C=O) groups excluding carboxylic acids is 1. The third kappa shape index (κ3) is 2.92. The predicted octanol–water partition coefficient (Wildman–Crippen LogP) is -0.205. The molecular formula is C13H15N5O4. The number of ether oxygens (including phenoxy) is 2. The van der Waals surface area contributed by atoms with Crippen molar-refractivity contribution in [2.45, 2.75) is 12.5 Å². The standard InChI is InChI=1S/C13H15N5O4/c1-21-10-5-14-6-11(17-10)22-8-2-3-18(7-8)12(19)9-4-15-13(20)16-9/h4-6,8H,2-3,7H2,1H3,(H2,15,16,20). The lowest BCUT2D eigenvalue weighted by Gasteiger charge is -2.16. The van der Waals surface area contributed by atoms with Gasteiger partial charge in [-0.1, -0.05) is 0 Å². The van der Waals surface area contributed by atoms with E-state index in [4.69, 9.17) is 9.47 Å². The number of hydrogen-bond acceptors (Lipinski definition) is 6. The van der Waals surface area contributed by atoms with E-state index in [9.17, 15) is 9.59 Å². The first-order valence-corrected chi connectivity index (χ1v) is 6.75. The summed E-state index contributed by atoms with van der Waals surface area (Å²) in [5.41, 5.74) is -0.158. The summed E-state index contributed by atoms with van der Waals surface area (Å²) in [7, 11) is 1.50. The Bertz CT molecular complexity index is 725. The van der Waals surface area contributed by atoms with Crippen molar-refractivity contribution >= 4 is 5.91 Å². The van der Waals surface area contributed by atoms with Gasteiger partial charge in [-0.2, -0.15) is 4.98 Å². The second-order valence-corrected chi connectivity index (χ2v) is 4.84. The van der Waals surface area contributed by atoms with E-state index in [1.807, 2.05) is 0 Å². The van der Waals surface area contributed by atoms with Gasteiger partial charge in [-0.15, -0.1) is 0 Å². The lowest BCUT2D eigenvalue weighted by atomic mass is 10.3. The molecule has 9 nitrogen and oxygen atoms in total. The molecule has 0 spiro atoms. The van der Waals surface area contributed by atoms with Crippen LogP contribution in [-0.4, -0.2) is 57.0 Å². The van der Waals surface area contributed by atoms with Crippen LogP contribution in [-0.2, 0) is 0 Å². The Morgan fingerprint density at radius 3 is 2.95 bits per heavy atom. The number of likely N-dealkylation sites (tertiary alicyclic amines) is 1. The Hall–Kier alpha value is -2.84. The van der Waals surface area contributed by atoms with Crippen LogP contribution >= 0.6 is 0 Å². The fourth-order valence-corrected chi connectivity index (χ4v) is 2.28. The molecule has 1 fully saturated rings. The number of aromatic amines is 2. The van der Waals surface area contributed by atoms with E-state index in [1.165, 1.54) is 25.7 Å². The summed E-state index contributed by atoms with van der Waals surface area (Å²) in [5, 5.41) is 0. The van der Waals surface area contributed by atoms with Gasteiger partial charge in [0.15, 0.2) is 0 Å². The highest BCUT2D eigenvalue weighted by Crippen LogP contribution is 2.18. The van der Waals surface area contributed by atoms with Crippen LogP contribution < -0.4 is 15.2 Å². The maximum atomic E-state index is 12.2. The van der Waals surface area contributed by atoms with E-state index in [0.717, 1.165) is 0 Å². The van der Waals surface area contributed by atoms with Gasteiger partial charge in [0.25, 0.3) is 5.91 Å². The average molecular weight is 305 g/mol. The van der Waals surface area contributed by atoms with Crippen LogP contribution in [0.25, 0.3) is 0 Å². The van der Waals surface area contributed by atoms with Gasteiger partial charge in [0.2, 0.25) is 11.8 Å². The van der Waals surface area contributed by atoms with Crippen molar-refractivity contribution in [3.8, 4) is 11.8 Å². The lowest BCUT2D eigenvalue weighted by Crippen LogP contribution is -2.31. The Morgan fingerprint density at radius 2 is 2.23 bits per heavy atom. The van der Waals surface area contributed by atoms with Crippen molar-refractivity contribution in [1.82, 2.24) is 24.8 Å². The molecule has 1 amide bonds. The molecule has 0 aromatic carbocycles. The molecule has 2 N–H and O–H groups in total. The number of hydrogen-bond donors (Lipinski definition) is 2. The molecule has 22 heavy (non-hydrogen) atoms. The fraction of sp³-hybridized carbons (Fsp3) is 0.385. The minimum absolute atomic E-state index is 0.170. The van der Waals surface area contributed by atoms with E-state index in [1.54, 1.807) is 4.90 Å². The van der Waals surface area contributed by atoms with Crippen LogP contribution in [0.3, 0.4) is 0 Å². The van der Waals surface area contributed by atoms with Crippen LogP contribution in [0.4, 0.5) is 0 Å². The largest absolute Gasteiger partial charge is 0.480 e. The molecule has 1 aliphatic heterocycles. The van der Waals surface area contributed by atoms with Gasteiger partial charge < -0.3 is 24.3 Å². The summed E-state index contributed by atoms with van der Waals surface area (Å²) in [6, 6.07) is 0. The summed E-state index contributed by atoms with van der Waals surface area (Å²) >= 11 is 0. The number of nitrogens with one attached hydrogen (secondary N) is 2. The number of aromatic nitrogens is 4. The van der Waals surface area contributed by atoms with E-state index in [2.05, 4.69) is 19.9 Å². The van der Waals surface area contributed by atoms with Gasteiger partial charge in [0.1, 0.15) is 11.8 Å². The highest BCUT2D eigenvalue weighted by Gasteiger charge is 2.29. The zero-order valence-corrected chi connectivity index (χ0v) is 11.9. The molecule has 0 bridgehead atoms. The molecule has 3 heterocycles. The summed E-state index contributed by atoms with van der Waals surface area (Å²) < 4.78 is 10.7. The van der Waals surface area contributed by atoms with E-state index in [-0.39, 0.29) is 17.7 Å². The van der Waals surface area contributed by atoms with Gasteiger partial charge in [-0.3, -0.25) is 9.78 Å². The summed E-state index contributed by atoms with van der Waals surface area (Å²) in [6.07, 6.45) is 4.86. The molecule has 1 unspecified atom stereocenters. The highest BCUT2D eigenvalue weighted by molar-refractivity contribution is 5.92. The third-order valence-electron chi connectivity index (χ3n) is 3.35. The van der Waals surface area contributed by atoms with Crippen molar-refractivity contribution in [2.24, 2.45) is 0 Å². The quantitative estimate of drug-likeness (QED) is 0.808. The van der Waals surface area contributed by atoms with Gasteiger partial charge in [-0.05, 0) is 0 Å². The minimum atomic E-state index is -0.401. The molecule has 1 saturated heterocycles. The van der Waals surface area contributed by atoms with Crippen molar-refractivity contribution in [2.75, 3.05) is 20.2 Å². The first-order valence-electron chi connectivity index (χ1n) is 6.75. The van der Waals surface area contributed by atoms with Crippen molar-refractivity contribution in [3.63, 3.8) is 0 Å². The van der Waals surface area contributed by atoms with Gasteiger partial charge in [0.05, 0.1) is 26.0 Å². The molecule has 116 valence electrons. The topological polar surface area (TPSA) is 113 Å². The summed E-state index contributed by atoms with van der Waals surface area (Å²) in [4.78, 5) is 37.8. The molecule has 2 aromatic heterocycles. The smallest absolute Gasteiger partial charge is 0.323 e. The first-order chi connectivity index (χ1) is 10.7. The van der Waals surface area contributed by atoms with Crippen LogP contribution in [0.5, 0.6) is 11.8 Å². The van der Waals surface area contributed by atoms with E-state index < -0.39 is 5.69 Å². The number of methoxy groups -OCH3 is 1. The normalized spacial score (nSPS) is 17.5. The van der Waals surface area contributed by atoms with Crippen LogP contribution in [0.15, 0.2) is 23.4 Å². The number of rotatable bonds is 4. The molecule has 0 saturated carbocycles. The monoisotopic (exact) mass is 305 g/mol. The molecule has 2 aromatic rings. The molecule has 1 aliphatic rings. The Morgan fingerprint density at radius 1 is 1.41 bits per heavy atom. The molecule has 0 aliphatic carbocycles. The average Bonchev–Trinajstić information content (AvgIpc) is 3.16. The second kappa shape index (κ2) is 5.88. The minimum Gasteiger partial charge on any atom is -0.480 e. The second-order valence-electron chi connectivity index (χ2n) is 4.84. The first kappa shape index (κ1) is 14.1. The number of nitrogens with zero attached hydrogens (tertiary/aromatic N) is 3. The van der Waals surface area contributed by atoms with Gasteiger partial charge in [0, 0.05) is 19.2 Å². The SMILES string of the molecule is COc1cncc(OC2CCN(C(=O)c3c[nH]c(=O)[nH]3)C2)n1. The van der Waals surface area contributed by atoms with Gasteiger partial charge in [-0.25, -0.2) is 4.79 Å². The van der Waals surface area contributed by atoms with Crippen LogP contribution in [0.1, 0.15) is 16.9 Å². The highest BCUT2D eigenvalue weighted by atomic mass is 16.5. The lowest BCUT2D eigenvalue weighted by molar-refractivity contribution is 0.0765. The summed E-state index contributed by atoms with van der Waals surface area (Å²) in [5.74, 6) is 0.489. The molecule has 3 rings (SSSR count). The predicted molar refractivity (Wildman–Crippen MR) is 74.9 cm³/mol. The maximum absolute atomic E-state index is 12.2. The zero-order chi connectivity index (χ0) is 15.5. The number of amides is 1. The van der Waals surface area contributed by atoms with Gasteiger partial charge >= 0.3 is 5.69 Å². The Kier molecular flexibility index (Phi) is 3.77. The van der Waals surface area contributed by atoms with Crippen LogP contribution in [0, 0.1) is 0 Å². The van der Waals surface area contributed by atoms with Crippen molar-refractivity contribution in [3.05, 3.63) is 34.8 Å². The molecule has 0 radical (unpaired) electrons. The third-order valence-corrected chi connectivity index (χ3v) is 3.35. The van der Waals surface area contributed by atoms with Crippen molar-refractivity contribution < 1.29 is 14.3 Å². The number of H-pyrrole nitrogens is 2. The maximum Gasteiger partial charge on any atom is 0.323 e. The van der Waals surface area contributed by atoms with Crippen LogP contribution in [0.2, 0.25) is 0 Å². The number of imidazole rings is 1. The fourth-order valence-electron chi connectivity index (χ4n) is 2.28. The Balaban J connectivity index is 1.62. The Labute approximate surface area is 125 Å². The summed E-state index contributed by atoms with van der Waals surface area (Å²) in [6.45, 7) is 0.971. The molecular weight excluding hydrogens is 290 g/mol. The molecule has 1 atom stereocenters. The molecule has 9 heteroatoms. The van der Waals surface area contributed by atoms with Crippen molar-refractivity contribution in [1.29, 1.82) is 0 Å². The number of carbonyl (C=O) groups is 1. The van der Waals surface area contributed by atoms with E-state index >= 15 is 0 Å².